The Morgan fingerprint density at radius 2 is 1.71 bits per heavy atom. The van der Waals surface area contributed by atoms with E-state index in [0.717, 1.165) is 13.1 Å². The van der Waals surface area contributed by atoms with Gasteiger partial charge in [0.15, 0.2) is 12.4 Å². The molecule has 1 saturated heterocycles. The van der Waals surface area contributed by atoms with Crippen LogP contribution in [0, 0.1) is 0 Å². The summed E-state index contributed by atoms with van der Waals surface area (Å²) in [6.07, 6.45) is 2.88. The number of hydrogen-bond acceptors (Lipinski definition) is 4. The van der Waals surface area contributed by atoms with Gasteiger partial charge < -0.3 is 10.1 Å². The maximum atomic E-state index is 12.3. The topological polar surface area (TPSA) is 58.6 Å². The SMILES string of the molecule is CCC(=O)c1ccc(OCC(=O)NC[C@H](c2ccccc2)N2CCCC2)cc1. The fraction of sp³-hybridized carbons (Fsp3) is 0.391. The highest BCUT2D eigenvalue weighted by Gasteiger charge is 2.23. The number of ether oxygens (including phenoxy) is 1. The Morgan fingerprint density at radius 3 is 2.36 bits per heavy atom. The molecule has 1 amide bonds. The van der Waals surface area contributed by atoms with Gasteiger partial charge in [0.25, 0.3) is 5.91 Å². The van der Waals surface area contributed by atoms with E-state index in [9.17, 15) is 9.59 Å². The predicted octanol–water partition coefficient (Wildman–Crippen LogP) is 3.61. The van der Waals surface area contributed by atoms with E-state index in [-0.39, 0.29) is 24.3 Å². The molecule has 28 heavy (non-hydrogen) atoms. The zero-order valence-electron chi connectivity index (χ0n) is 16.4. The first-order valence-electron chi connectivity index (χ1n) is 9.99. The van der Waals surface area contributed by atoms with Crippen molar-refractivity contribution in [1.82, 2.24) is 10.2 Å². The van der Waals surface area contributed by atoms with Gasteiger partial charge in [-0.05, 0) is 55.8 Å². The zero-order chi connectivity index (χ0) is 19.8. The Balaban J connectivity index is 1.51. The highest BCUT2D eigenvalue weighted by molar-refractivity contribution is 5.95. The molecular weight excluding hydrogens is 352 g/mol. The Labute approximate surface area is 166 Å². The van der Waals surface area contributed by atoms with Crippen LogP contribution in [0.25, 0.3) is 0 Å². The number of benzene rings is 2. The van der Waals surface area contributed by atoms with Gasteiger partial charge in [0.05, 0.1) is 6.04 Å². The number of likely N-dealkylation sites (tertiary alicyclic amines) is 1. The smallest absolute Gasteiger partial charge is 0.258 e. The molecule has 1 aliphatic rings. The monoisotopic (exact) mass is 380 g/mol. The molecule has 0 spiro atoms. The number of rotatable bonds is 9. The molecule has 2 aromatic rings. The molecule has 0 saturated carbocycles. The molecule has 0 unspecified atom stereocenters. The largest absolute Gasteiger partial charge is 0.484 e. The van der Waals surface area contributed by atoms with E-state index >= 15 is 0 Å². The number of amides is 1. The molecule has 3 rings (SSSR count). The molecular formula is C23H28N2O3. The quantitative estimate of drug-likeness (QED) is 0.675. The van der Waals surface area contributed by atoms with E-state index in [1.807, 2.05) is 25.1 Å². The molecule has 5 heteroatoms. The number of hydrogen-bond donors (Lipinski definition) is 1. The summed E-state index contributed by atoms with van der Waals surface area (Å²) in [4.78, 5) is 26.4. The third-order valence-corrected chi connectivity index (χ3v) is 5.13. The third kappa shape index (κ3) is 5.42. The van der Waals surface area contributed by atoms with Crippen molar-refractivity contribution in [3.63, 3.8) is 0 Å². The fourth-order valence-electron chi connectivity index (χ4n) is 3.54. The lowest BCUT2D eigenvalue weighted by Crippen LogP contribution is -2.38. The first-order chi connectivity index (χ1) is 13.7. The lowest BCUT2D eigenvalue weighted by Gasteiger charge is -2.28. The second-order valence-electron chi connectivity index (χ2n) is 7.06. The lowest BCUT2D eigenvalue weighted by atomic mass is 10.1. The molecule has 0 radical (unpaired) electrons. The van der Waals surface area contributed by atoms with Crippen LogP contribution in [0.5, 0.6) is 5.75 Å². The Kier molecular flexibility index (Phi) is 7.20. The van der Waals surface area contributed by atoms with Crippen LogP contribution < -0.4 is 10.1 Å². The summed E-state index contributed by atoms with van der Waals surface area (Å²) in [5, 5.41) is 3.01. The van der Waals surface area contributed by atoms with Gasteiger partial charge in [0, 0.05) is 18.5 Å². The van der Waals surface area contributed by atoms with E-state index < -0.39 is 0 Å². The van der Waals surface area contributed by atoms with Gasteiger partial charge in [-0.25, -0.2) is 0 Å². The second kappa shape index (κ2) is 10.0. The molecule has 1 heterocycles. The van der Waals surface area contributed by atoms with Gasteiger partial charge >= 0.3 is 0 Å². The maximum absolute atomic E-state index is 12.3. The molecule has 1 aliphatic heterocycles. The van der Waals surface area contributed by atoms with Crippen LogP contribution >= 0.6 is 0 Å². The molecule has 2 aromatic carbocycles. The van der Waals surface area contributed by atoms with Crippen molar-refractivity contribution in [1.29, 1.82) is 0 Å². The number of Topliss-reactive ketones (excluding diaryl/α,β-unsaturated/α-hetero) is 1. The molecule has 0 aromatic heterocycles. The van der Waals surface area contributed by atoms with Crippen LogP contribution in [0.2, 0.25) is 0 Å². The molecule has 0 aliphatic carbocycles. The number of carbonyl (C=O) groups is 2. The Morgan fingerprint density at radius 1 is 1.04 bits per heavy atom. The Hall–Kier alpha value is -2.66. The van der Waals surface area contributed by atoms with E-state index in [2.05, 4.69) is 22.3 Å². The van der Waals surface area contributed by atoms with Gasteiger partial charge in [0.2, 0.25) is 0 Å². The maximum Gasteiger partial charge on any atom is 0.258 e. The minimum atomic E-state index is -0.145. The average molecular weight is 380 g/mol. The standard InChI is InChI=1S/C23H28N2O3/c1-2-22(26)19-10-12-20(13-11-19)28-17-23(27)24-16-21(25-14-6-7-15-25)18-8-4-3-5-9-18/h3-5,8-13,21H,2,6-7,14-17H2,1H3,(H,24,27)/t21-/m1/s1. The molecule has 1 atom stereocenters. The van der Waals surface area contributed by atoms with Crippen LogP contribution in [0.1, 0.15) is 48.1 Å². The van der Waals surface area contributed by atoms with E-state index in [1.165, 1.54) is 18.4 Å². The van der Waals surface area contributed by atoms with Gasteiger partial charge in [-0.2, -0.15) is 0 Å². The van der Waals surface area contributed by atoms with Crippen molar-refractivity contribution >= 4 is 11.7 Å². The van der Waals surface area contributed by atoms with Crippen molar-refractivity contribution in [2.45, 2.75) is 32.2 Å². The van der Waals surface area contributed by atoms with Crippen molar-refractivity contribution in [2.75, 3.05) is 26.2 Å². The molecule has 0 bridgehead atoms. The number of ketones is 1. The van der Waals surface area contributed by atoms with E-state index in [0.29, 0.717) is 24.3 Å². The summed E-state index contributed by atoms with van der Waals surface area (Å²) in [5.41, 5.74) is 1.89. The number of carbonyl (C=O) groups excluding carboxylic acids is 2. The summed E-state index contributed by atoms with van der Waals surface area (Å²) in [6.45, 7) is 4.49. The van der Waals surface area contributed by atoms with Crippen LogP contribution in [0.3, 0.4) is 0 Å². The van der Waals surface area contributed by atoms with E-state index in [4.69, 9.17) is 4.74 Å². The van der Waals surface area contributed by atoms with Crippen molar-refractivity contribution in [2.24, 2.45) is 0 Å². The highest BCUT2D eigenvalue weighted by atomic mass is 16.5. The molecule has 1 fully saturated rings. The summed E-state index contributed by atoms with van der Waals surface area (Å²) in [6, 6.07) is 17.4. The summed E-state index contributed by atoms with van der Waals surface area (Å²) in [5.74, 6) is 0.536. The molecule has 5 nitrogen and oxygen atoms in total. The third-order valence-electron chi connectivity index (χ3n) is 5.13. The zero-order valence-corrected chi connectivity index (χ0v) is 16.4. The molecule has 148 valence electrons. The van der Waals surface area contributed by atoms with Crippen molar-refractivity contribution in [3.05, 3.63) is 65.7 Å². The average Bonchev–Trinajstić information content (AvgIpc) is 3.27. The number of nitrogens with zero attached hydrogens (tertiary/aromatic N) is 1. The van der Waals surface area contributed by atoms with Gasteiger partial charge in [-0.1, -0.05) is 37.3 Å². The van der Waals surface area contributed by atoms with Gasteiger partial charge in [-0.3, -0.25) is 14.5 Å². The number of nitrogens with one attached hydrogen (secondary N) is 1. The van der Waals surface area contributed by atoms with E-state index in [1.54, 1.807) is 24.3 Å². The first kappa shape index (κ1) is 20.1. The van der Waals surface area contributed by atoms with Crippen molar-refractivity contribution in [3.8, 4) is 5.75 Å². The lowest BCUT2D eigenvalue weighted by molar-refractivity contribution is -0.123. The summed E-state index contributed by atoms with van der Waals surface area (Å²) >= 11 is 0. The van der Waals surface area contributed by atoms with Gasteiger partial charge in [0.1, 0.15) is 5.75 Å². The predicted molar refractivity (Wildman–Crippen MR) is 110 cm³/mol. The molecule has 1 N–H and O–H groups in total. The van der Waals surface area contributed by atoms with Crippen molar-refractivity contribution < 1.29 is 14.3 Å². The summed E-state index contributed by atoms with van der Waals surface area (Å²) in [7, 11) is 0. The van der Waals surface area contributed by atoms with Crippen LogP contribution in [0.15, 0.2) is 54.6 Å². The Bertz CT molecular complexity index is 768. The fourth-order valence-corrected chi connectivity index (χ4v) is 3.54. The van der Waals surface area contributed by atoms with Crippen LogP contribution in [-0.2, 0) is 4.79 Å². The van der Waals surface area contributed by atoms with Crippen LogP contribution in [0.4, 0.5) is 0 Å². The first-order valence-corrected chi connectivity index (χ1v) is 9.99. The summed E-state index contributed by atoms with van der Waals surface area (Å²) < 4.78 is 5.56. The van der Waals surface area contributed by atoms with Gasteiger partial charge in [-0.15, -0.1) is 0 Å². The highest BCUT2D eigenvalue weighted by Crippen LogP contribution is 2.24. The minimum Gasteiger partial charge on any atom is -0.484 e. The minimum absolute atomic E-state index is 0.0391. The normalized spacial score (nSPS) is 15.2. The van der Waals surface area contributed by atoms with Crippen LogP contribution in [-0.4, -0.2) is 42.8 Å². The second-order valence-corrected chi connectivity index (χ2v) is 7.06.